The minimum atomic E-state index is 0.321. The molecule has 0 spiro atoms. The van der Waals surface area contributed by atoms with Gasteiger partial charge in [-0.2, -0.15) is 10.5 Å². The van der Waals surface area contributed by atoms with E-state index < -0.39 is 0 Å². The van der Waals surface area contributed by atoms with Gasteiger partial charge in [-0.15, -0.1) is 0 Å². The third kappa shape index (κ3) is 3.25. The van der Waals surface area contributed by atoms with E-state index in [0.717, 1.165) is 11.1 Å². The molecule has 2 aromatic rings. The molecule has 0 aliphatic heterocycles. The van der Waals surface area contributed by atoms with Crippen LogP contribution in [0.5, 0.6) is 5.75 Å². The fourth-order valence-corrected chi connectivity index (χ4v) is 1.79. The van der Waals surface area contributed by atoms with Gasteiger partial charge in [0.2, 0.25) is 0 Å². The fourth-order valence-electron chi connectivity index (χ4n) is 1.79. The summed E-state index contributed by atoms with van der Waals surface area (Å²) in [6.07, 6.45) is 3.11. The minimum Gasteiger partial charge on any atom is -0.488 e. The molecule has 0 amide bonds. The SMILES string of the molecule is N#C/C=C/c1ccccc1OCc1ccccc1C#N. The molecule has 0 atom stereocenters. The Kier molecular flexibility index (Phi) is 4.54. The van der Waals surface area contributed by atoms with Crippen molar-refractivity contribution in [2.24, 2.45) is 0 Å². The van der Waals surface area contributed by atoms with Crippen LogP contribution in [0.4, 0.5) is 0 Å². The topological polar surface area (TPSA) is 56.8 Å². The molecular weight excluding hydrogens is 248 g/mol. The summed E-state index contributed by atoms with van der Waals surface area (Å²) in [5, 5.41) is 17.6. The highest BCUT2D eigenvalue weighted by Gasteiger charge is 2.04. The number of rotatable bonds is 4. The van der Waals surface area contributed by atoms with Gasteiger partial charge in [-0.05, 0) is 18.2 Å². The van der Waals surface area contributed by atoms with Gasteiger partial charge in [-0.25, -0.2) is 0 Å². The van der Waals surface area contributed by atoms with Crippen LogP contribution >= 0.6 is 0 Å². The average Bonchev–Trinajstić information content (AvgIpc) is 2.52. The van der Waals surface area contributed by atoms with Gasteiger partial charge >= 0.3 is 0 Å². The lowest BCUT2D eigenvalue weighted by Gasteiger charge is -2.10. The summed E-state index contributed by atoms with van der Waals surface area (Å²) in [6.45, 7) is 0.321. The Bertz CT molecular complexity index is 705. The summed E-state index contributed by atoms with van der Waals surface area (Å²) in [5.74, 6) is 0.687. The first kappa shape index (κ1) is 13.4. The summed E-state index contributed by atoms with van der Waals surface area (Å²) >= 11 is 0. The van der Waals surface area contributed by atoms with E-state index in [1.54, 1.807) is 12.1 Å². The van der Waals surface area contributed by atoms with Crippen LogP contribution in [0, 0.1) is 22.7 Å². The van der Waals surface area contributed by atoms with E-state index in [1.807, 2.05) is 48.5 Å². The van der Waals surface area contributed by atoms with Crippen molar-refractivity contribution in [3.8, 4) is 17.9 Å². The van der Waals surface area contributed by atoms with Crippen LogP contribution in [-0.4, -0.2) is 0 Å². The van der Waals surface area contributed by atoms with Crippen LogP contribution in [0.3, 0.4) is 0 Å². The van der Waals surface area contributed by atoms with Gasteiger partial charge < -0.3 is 4.74 Å². The van der Waals surface area contributed by atoms with Crippen LogP contribution in [-0.2, 0) is 6.61 Å². The second-order valence-electron chi connectivity index (χ2n) is 4.06. The molecule has 20 heavy (non-hydrogen) atoms. The van der Waals surface area contributed by atoms with Gasteiger partial charge in [0.25, 0.3) is 0 Å². The highest BCUT2D eigenvalue weighted by atomic mass is 16.5. The van der Waals surface area contributed by atoms with Crippen molar-refractivity contribution in [2.45, 2.75) is 6.61 Å². The third-order valence-corrected chi connectivity index (χ3v) is 2.78. The quantitative estimate of drug-likeness (QED) is 0.788. The average molecular weight is 260 g/mol. The summed E-state index contributed by atoms with van der Waals surface area (Å²) in [5.41, 5.74) is 2.29. The fraction of sp³-hybridized carbons (Fsp3) is 0.0588. The molecule has 0 radical (unpaired) electrons. The van der Waals surface area contributed by atoms with E-state index in [0.29, 0.717) is 17.9 Å². The zero-order valence-electron chi connectivity index (χ0n) is 10.8. The first-order chi connectivity index (χ1) is 9.85. The van der Waals surface area contributed by atoms with Crippen LogP contribution in [0.2, 0.25) is 0 Å². The lowest BCUT2D eigenvalue weighted by molar-refractivity contribution is 0.305. The van der Waals surface area contributed by atoms with Crippen molar-refractivity contribution in [2.75, 3.05) is 0 Å². The van der Waals surface area contributed by atoms with E-state index in [9.17, 15) is 0 Å². The molecule has 2 aromatic carbocycles. The van der Waals surface area contributed by atoms with Crippen molar-refractivity contribution in [3.05, 3.63) is 71.3 Å². The van der Waals surface area contributed by atoms with E-state index in [-0.39, 0.29) is 0 Å². The number of allylic oxidation sites excluding steroid dienone is 1. The molecule has 0 bridgehead atoms. The molecule has 0 aliphatic carbocycles. The minimum absolute atomic E-state index is 0.321. The number of benzene rings is 2. The molecule has 96 valence electrons. The van der Waals surface area contributed by atoms with Crippen molar-refractivity contribution in [1.82, 2.24) is 0 Å². The molecular formula is C17H12N2O. The first-order valence-electron chi connectivity index (χ1n) is 6.11. The Balaban J connectivity index is 2.18. The maximum Gasteiger partial charge on any atom is 0.127 e. The molecule has 0 fully saturated rings. The number of nitrogens with zero attached hydrogens (tertiary/aromatic N) is 2. The number of para-hydroxylation sites is 1. The predicted molar refractivity (Wildman–Crippen MR) is 76.6 cm³/mol. The Morgan fingerprint density at radius 3 is 2.55 bits per heavy atom. The summed E-state index contributed by atoms with van der Waals surface area (Å²) in [4.78, 5) is 0. The Hall–Kier alpha value is -3.04. The molecule has 0 heterocycles. The van der Waals surface area contributed by atoms with Gasteiger partial charge in [0.05, 0.1) is 17.7 Å². The second-order valence-corrected chi connectivity index (χ2v) is 4.06. The normalized spacial score (nSPS) is 9.90. The summed E-state index contributed by atoms with van der Waals surface area (Å²) < 4.78 is 5.75. The van der Waals surface area contributed by atoms with E-state index in [4.69, 9.17) is 15.3 Å². The smallest absolute Gasteiger partial charge is 0.127 e. The van der Waals surface area contributed by atoms with Crippen molar-refractivity contribution in [3.63, 3.8) is 0 Å². The predicted octanol–water partition coefficient (Wildman–Crippen LogP) is 3.67. The summed E-state index contributed by atoms with van der Waals surface area (Å²) in [6, 6.07) is 18.9. The highest BCUT2D eigenvalue weighted by molar-refractivity contribution is 5.58. The monoisotopic (exact) mass is 260 g/mol. The third-order valence-electron chi connectivity index (χ3n) is 2.78. The molecule has 0 unspecified atom stereocenters. The zero-order valence-corrected chi connectivity index (χ0v) is 10.8. The number of hydrogen-bond acceptors (Lipinski definition) is 3. The van der Waals surface area contributed by atoms with E-state index in [1.165, 1.54) is 6.08 Å². The Morgan fingerprint density at radius 1 is 1.00 bits per heavy atom. The van der Waals surface area contributed by atoms with E-state index in [2.05, 4.69) is 6.07 Å². The standard InChI is InChI=1S/C17H12N2O/c18-11-5-9-14-6-3-4-10-17(14)20-13-16-8-2-1-7-15(16)12-19/h1-10H,13H2/b9-5+. The Labute approximate surface area is 118 Å². The van der Waals surface area contributed by atoms with E-state index >= 15 is 0 Å². The molecule has 3 heteroatoms. The van der Waals surface area contributed by atoms with Crippen LogP contribution in [0.1, 0.15) is 16.7 Å². The van der Waals surface area contributed by atoms with Gasteiger partial charge in [-0.3, -0.25) is 0 Å². The van der Waals surface area contributed by atoms with Crippen LogP contribution in [0.15, 0.2) is 54.6 Å². The molecule has 0 aliphatic rings. The number of hydrogen-bond donors (Lipinski definition) is 0. The van der Waals surface area contributed by atoms with Gasteiger partial charge in [-0.1, -0.05) is 36.4 Å². The largest absolute Gasteiger partial charge is 0.488 e. The maximum absolute atomic E-state index is 9.03. The second kappa shape index (κ2) is 6.78. The molecule has 0 saturated heterocycles. The summed E-state index contributed by atoms with van der Waals surface area (Å²) in [7, 11) is 0. The van der Waals surface area contributed by atoms with Crippen molar-refractivity contribution in [1.29, 1.82) is 10.5 Å². The zero-order chi connectivity index (χ0) is 14.2. The molecule has 3 nitrogen and oxygen atoms in total. The van der Waals surface area contributed by atoms with Crippen molar-refractivity contribution >= 4 is 6.08 Å². The lowest BCUT2D eigenvalue weighted by Crippen LogP contribution is -1.99. The molecule has 2 rings (SSSR count). The molecule has 0 N–H and O–H groups in total. The lowest BCUT2D eigenvalue weighted by atomic mass is 10.1. The molecule has 0 aromatic heterocycles. The number of ether oxygens (including phenoxy) is 1. The molecule has 0 saturated carbocycles. The maximum atomic E-state index is 9.03. The van der Waals surface area contributed by atoms with Gasteiger partial charge in [0.15, 0.2) is 0 Å². The highest BCUT2D eigenvalue weighted by Crippen LogP contribution is 2.21. The number of nitriles is 2. The van der Waals surface area contributed by atoms with Gasteiger partial charge in [0.1, 0.15) is 12.4 Å². The van der Waals surface area contributed by atoms with Crippen LogP contribution in [0.25, 0.3) is 6.08 Å². The Morgan fingerprint density at radius 2 is 1.75 bits per heavy atom. The van der Waals surface area contributed by atoms with Gasteiger partial charge in [0, 0.05) is 17.2 Å². The van der Waals surface area contributed by atoms with Crippen LogP contribution < -0.4 is 4.74 Å². The van der Waals surface area contributed by atoms with Crippen molar-refractivity contribution < 1.29 is 4.74 Å². The first-order valence-corrected chi connectivity index (χ1v) is 6.11.